The van der Waals surface area contributed by atoms with Crippen LogP contribution < -0.4 is 9.64 Å². The average molecular weight is 351 g/mol. The van der Waals surface area contributed by atoms with E-state index >= 15 is 0 Å². The van der Waals surface area contributed by atoms with E-state index in [4.69, 9.17) is 4.74 Å². The van der Waals surface area contributed by atoms with Crippen LogP contribution in [0.15, 0.2) is 42.9 Å². The Labute approximate surface area is 151 Å². The molecule has 7 nitrogen and oxygen atoms in total. The van der Waals surface area contributed by atoms with E-state index in [1.807, 2.05) is 54.4 Å². The van der Waals surface area contributed by atoms with Crippen molar-refractivity contribution in [3.63, 3.8) is 0 Å². The van der Waals surface area contributed by atoms with E-state index in [0.29, 0.717) is 24.5 Å². The van der Waals surface area contributed by atoms with E-state index in [1.54, 1.807) is 12.4 Å². The summed E-state index contributed by atoms with van der Waals surface area (Å²) in [6.45, 7) is 1.22. The van der Waals surface area contributed by atoms with Gasteiger partial charge in [0.1, 0.15) is 6.10 Å². The number of aromatic amines is 1. The molecule has 0 unspecified atom stereocenters. The van der Waals surface area contributed by atoms with Gasteiger partial charge in [-0.1, -0.05) is 6.07 Å². The van der Waals surface area contributed by atoms with Crippen molar-refractivity contribution in [1.29, 1.82) is 0 Å². The van der Waals surface area contributed by atoms with Crippen molar-refractivity contribution in [3.8, 4) is 5.88 Å². The van der Waals surface area contributed by atoms with Gasteiger partial charge in [0.15, 0.2) is 5.82 Å². The van der Waals surface area contributed by atoms with E-state index in [2.05, 4.69) is 15.0 Å². The first-order valence-electron chi connectivity index (χ1n) is 8.62. The molecule has 0 aliphatic carbocycles. The van der Waals surface area contributed by atoms with Crippen LogP contribution in [0.1, 0.15) is 16.8 Å². The number of H-pyrrole nitrogens is 1. The van der Waals surface area contributed by atoms with Gasteiger partial charge in [-0.25, -0.2) is 0 Å². The molecule has 1 aliphatic heterocycles. The average Bonchev–Trinajstić information content (AvgIpc) is 3.30. The molecule has 1 amide bonds. The smallest absolute Gasteiger partial charge is 0.254 e. The van der Waals surface area contributed by atoms with Crippen molar-refractivity contribution in [2.75, 3.05) is 32.1 Å². The Kier molecular flexibility index (Phi) is 4.20. The molecule has 1 aliphatic rings. The van der Waals surface area contributed by atoms with Crippen molar-refractivity contribution < 1.29 is 9.53 Å². The molecule has 134 valence electrons. The zero-order valence-corrected chi connectivity index (χ0v) is 14.8. The first-order chi connectivity index (χ1) is 12.6. The van der Waals surface area contributed by atoms with Crippen molar-refractivity contribution in [2.45, 2.75) is 12.5 Å². The van der Waals surface area contributed by atoms with E-state index in [9.17, 15) is 4.79 Å². The summed E-state index contributed by atoms with van der Waals surface area (Å²) >= 11 is 0. The molecule has 2 aromatic heterocycles. The van der Waals surface area contributed by atoms with Crippen LogP contribution in [0.3, 0.4) is 0 Å². The molecular weight excluding hydrogens is 330 g/mol. The SMILES string of the molecule is CN(C)c1cncc(O[C@@H]2CCN(C(=O)c3ccc4cc[nH]c4c3)C2)n1. The molecule has 0 spiro atoms. The number of ether oxygens (including phenoxy) is 1. The van der Waals surface area contributed by atoms with Gasteiger partial charge >= 0.3 is 0 Å². The number of likely N-dealkylation sites (tertiary alicyclic amines) is 1. The number of nitrogens with zero attached hydrogens (tertiary/aromatic N) is 4. The van der Waals surface area contributed by atoms with Crippen LogP contribution in [0.5, 0.6) is 5.88 Å². The van der Waals surface area contributed by atoms with Gasteiger partial charge in [-0.2, -0.15) is 4.98 Å². The summed E-state index contributed by atoms with van der Waals surface area (Å²) in [5.74, 6) is 1.26. The van der Waals surface area contributed by atoms with Crippen molar-refractivity contribution in [1.82, 2.24) is 19.9 Å². The number of nitrogens with one attached hydrogen (secondary N) is 1. The third-order valence-electron chi connectivity index (χ3n) is 4.58. The number of aromatic nitrogens is 3. The summed E-state index contributed by atoms with van der Waals surface area (Å²) < 4.78 is 5.94. The van der Waals surface area contributed by atoms with Gasteiger partial charge in [-0.3, -0.25) is 9.78 Å². The van der Waals surface area contributed by atoms with Crippen molar-refractivity contribution in [2.24, 2.45) is 0 Å². The van der Waals surface area contributed by atoms with E-state index < -0.39 is 0 Å². The molecule has 3 heterocycles. The Morgan fingerprint density at radius 2 is 2.19 bits per heavy atom. The zero-order valence-electron chi connectivity index (χ0n) is 14.8. The Balaban J connectivity index is 1.43. The number of carbonyl (C=O) groups excluding carboxylic acids is 1. The first kappa shape index (κ1) is 16.4. The zero-order chi connectivity index (χ0) is 18.1. The van der Waals surface area contributed by atoms with Crippen LogP contribution in [0, 0.1) is 0 Å². The van der Waals surface area contributed by atoms with E-state index in [0.717, 1.165) is 23.1 Å². The minimum absolute atomic E-state index is 0.0285. The summed E-state index contributed by atoms with van der Waals surface area (Å²) in [6.07, 6.45) is 5.89. The predicted molar refractivity (Wildman–Crippen MR) is 99.6 cm³/mol. The van der Waals surface area contributed by atoms with Crippen LogP contribution >= 0.6 is 0 Å². The molecule has 1 N–H and O–H groups in total. The fourth-order valence-electron chi connectivity index (χ4n) is 3.15. The molecule has 1 saturated heterocycles. The predicted octanol–water partition coefficient (Wildman–Crippen LogP) is 2.32. The largest absolute Gasteiger partial charge is 0.471 e. The molecule has 26 heavy (non-hydrogen) atoms. The highest BCUT2D eigenvalue weighted by Gasteiger charge is 2.28. The molecule has 4 rings (SSSR count). The second kappa shape index (κ2) is 6.67. The summed E-state index contributed by atoms with van der Waals surface area (Å²) in [7, 11) is 3.81. The topological polar surface area (TPSA) is 74.3 Å². The third kappa shape index (κ3) is 3.20. The first-order valence-corrected chi connectivity index (χ1v) is 8.62. The Hall–Kier alpha value is -3.09. The summed E-state index contributed by atoms with van der Waals surface area (Å²) in [5.41, 5.74) is 1.66. The standard InChI is InChI=1S/C19H21N5O2/c1-23(2)17-10-20-11-18(22-17)26-15-6-8-24(12-15)19(25)14-4-3-13-5-7-21-16(13)9-14/h3-5,7,9-11,15,21H,6,8,12H2,1-2H3/t15-/m1/s1. The normalized spacial score (nSPS) is 16.8. The van der Waals surface area contributed by atoms with Gasteiger partial charge in [0.25, 0.3) is 5.91 Å². The highest BCUT2D eigenvalue weighted by molar-refractivity contribution is 5.98. The molecule has 1 atom stereocenters. The quantitative estimate of drug-likeness (QED) is 0.781. The number of amides is 1. The summed E-state index contributed by atoms with van der Waals surface area (Å²) in [5, 5.41) is 1.10. The van der Waals surface area contributed by atoms with Gasteiger partial charge in [-0.05, 0) is 23.6 Å². The van der Waals surface area contributed by atoms with Crippen LogP contribution in [-0.4, -0.2) is 59.0 Å². The highest BCUT2D eigenvalue weighted by atomic mass is 16.5. The number of benzene rings is 1. The Morgan fingerprint density at radius 1 is 1.31 bits per heavy atom. The van der Waals surface area contributed by atoms with Gasteiger partial charge < -0.3 is 19.5 Å². The maximum absolute atomic E-state index is 12.8. The summed E-state index contributed by atoms with van der Waals surface area (Å²) in [4.78, 5) is 28.2. The molecule has 1 fully saturated rings. The lowest BCUT2D eigenvalue weighted by atomic mass is 10.1. The Morgan fingerprint density at radius 3 is 3.04 bits per heavy atom. The molecule has 0 radical (unpaired) electrons. The lowest BCUT2D eigenvalue weighted by Crippen LogP contribution is -2.31. The number of anilines is 1. The highest BCUT2D eigenvalue weighted by Crippen LogP contribution is 2.21. The monoisotopic (exact) mass is 351 g/mol. The molecule has 7 heteroatoms. The molecule has 0 bridgehead atoms. The van der Waals surface area contributed by atoms with Gasteiger partial charge in [0, 0.05) is 44.3 Å². The van der Waals surface area contributed by atoms with E-state index in [-0.39, 0.29) is 12.0 Å². The summed E-state index contributed by atoms with van der Waals surface area (Å²) in [6, 6.07) is 7.73. The molecular formula is C19H21N5O2. The number of fused-ring (bicyclic) bond motifs is 1. The van der Waals surface area contributed by atoms with Gasteiger partial charge in [0.2, 0.25) is 5.88 Å². The van der Waals surface area contributed by atoms with Crippen LogP contribution in [0.2, 0.25) is 0 Å². The fourth-order valence-corrected chi connectivity index (χ4v) is 3.15. The Bertz CT molecular complexity index is 936. The second-order valence-electron chi connectivity index (χ2n) is 6.67. The lowest BCUT2D eigenvalue weighted by Gasteiger charge is -2.18. The van der Waals surface area contributed by atoms with E-state index in [1.165, 1.54) is 0 Å². The minimum atomic E-state index is -0.0696. The molecule has 0 saturated carbocycles. The second-order valence-corrected chi connectivity index (χ2v) is 6.67. The van der Waals surface area contributed by atoms with Crippen LogP contribution in [0.4, 0.5) is 5.82 Å². The van der Waals surface area contributed by atoms with Crippen molar-refractivity contribution >= 4 is 22.6 Å². The van der Waals surface area contributed by atoms with Gasteiger partial charge in [0.05, 0.1) is 18.9 Å². The minimum Gasteiger partial charge on any atom is -0.471 e. The van der Waals surface area contributed by atoms with Crippen LogP contribution in [0.25, 0.3) is 10.9 Å². The molecule has 1 aromatic carbocycles. The lowest BCUT2D eigenvalue weighted by molar-refractivity contribution is 0.0771. The maximum Gasteiger partial charge on any atom is 0.254 e. The fraction of sp³-hybridized carbons (Fsp3) is 0.316. The number of hydrogen-bond acceptors (Lipinski definition) is 5. The van der Waals surface area contributed by atoms with Crippen molar-refractivity contribution in [3.05, 3.63) is 48.4 Å². The number of rotatable bonds is 4. The molecule has 3 aromatic rings. The number of carbonyl (C=O) groups is 1. The maximum atomic E-state index is 12.8. The third-order valence-corrected chi connectivity index (χ3v) is 4.58. The van der Waals surface area contributed by atoms with Gasteiger partial charge in [-0.15, -0.1) is 0 Å². The van der Waals surface area contributed by atoms with Crippen LogP contribution in [-0.2, 0) is 0 Å². The number of hydrogen-bond donors (Lipinski definition) is 1.